The highest BCUT2D eigenvalue weighted by atomic mass is 16.2. The summed E-state index contributed by atoms with van der Waals surface area (Å²) in [5, 5.41) is 5.80. The third kappa shape index (κ3) is 5.25. The molecule has 1 aliphatic carbocycles. The zero-order valence-electron chi connectivity index (χ0n) is 16.0. The van der Waals surface area contributed by atoms with Crippen LogP contribution in [0, 0.1) is 0 Å². The van der Waals surface area contributed by atoms with Gasteiger partial charge in [-0.1, -0.05) is 37.8 Å². The molecule has 0 aliphatic heterocycles. The first-order chi connectivity index (χ1) is 13.5. The maximum absolute atomic E-state index is 12.6. The number of aromatic nitrogens is 1. The number of benzene rings is 1. The monoisotopic (exact) mass is 379 g/mol. The second-order valence-electron chi connectivity index (χ2n) is 7.18. The highest BCUT2D eigenvalue weighted by Gasteiger charge is 2.17. The summed E-state index contributed by atoms with van der Waals surface area (Å²) in [6.45, 7) is 1.47. The lowest BCUT2D eigenvalue weighted by Gasteiger charge is -2.16. The van der Waals surface area contributed by atoms with Gasteiger partial charge in [-0.05, 0) is 44.0 Å². The van der Waals surface area contributed by atoms with Gasteiger partial charge in [0, 0.05) is 29.1 Å². The molecule has 28 heavy (non-hydrogen) atoms. The molecule has 0 unspecified atom stereocenters. The highest BCUT2D eigenvalue weighted by Crippen LogP contribution is 2.18. The lowest BCUT2D eigenvalue weighted by molar-refractivity contribution is 0.0932. The molecular formula is C22H25N3O3. The van der Waals surface area contributed by atoms with Gasteiger partial charge in [0.05, 0.1) is 0 Å². The largest absolute Gasteiger partial charge is 0.349 e. The van der Waals surface area contributed by atoms with Crippen molar-refractivity contribution in [3.05, 3.63) is 59.4 Å². The maximum Gasteiger partial charge on any atom is 0.274 e. The second-order valence-corrected chi connectivity index (χ2v) is 7.18. The number of Topliss-reactive ketones (excluding diaryl/α,β-unsaturated/α-hetero) is 1. The molecule has 0 atom stereocenters. The molecule has 0 bridgehead atoms. The number of carbonyl (C=O) groups is 3. The summed E-state index contributed by atoms with van der Waals surface area (Å²) in [6, 6.07) is 10.0. The van der Waals surface area contributed by atoms with Crippen molar-refractivity contribution in [1.29, 1.82) is 0 Å². The van der Waals surface area contributed by atoms with Gasteiger partial charge in [-0.3, -0.25) is 19.4 Å². The Hall–Kier alpha value is -3.02. The van der Waals surface area contributed by atoms with Crippen molar-refractivity contribution in [2.45, 2.75) is 51.5 Å². The van der Waals surface area contributed by atoms with Crippen molar-refractivity contribution in [1.82, 2.24) is 10.3 Å². The zero-order chi connectivity index (χ0) is 19.9. The zero-order valence-corrected chi connectivity index (χ0v) is 16.0. The van der Waals surface area contributed by atoms with Crippen molar-refractivity contribution in [2.24, 2.45) is 0 Å². The first kappa shape index (κ1) is 19.7. The minimum absolute atomic E-state index is 0.0774. The molecular weight excluding hydrogens is 354 g/mol. The Balaban J connectivity index is 1.68. The molecule has 1 heterocycles. The van der Waals surface area contributed by atoms with E-state index in [2.05, 4.69) is 15.6 Å². The van der Waals surface area contributed by atoms with Crippen LogP contribution >= 0.6 is 0 Å². The molecule has 0 saturated heterocycles. The standard InChI is InChI=1S/C22H25N3O3/c1-15(26)16-7-6-10-19(13-16)25-22(28)20-14-17(11-12-23-20)21(27)24-18-8-4-2-3-5-9-18/h6-7,10-14,18H,2-5,8-9H2,1H3,(H,24,27)(H,25,28). The summed E-state index contributed by atoms with van der Waals surface area (Å²) < 4.78 is 0. The average Bonchev–Trinajstić information content (AvgIpc) is 2.97. The molecule has 146 valence electrons. The van der Waals surface area contributed by atoms with Gasteiger partial charge in [-0.15, -0.1) is 0 Å². The number of rotatable bonds is 5. The number of hydrogen-bond donors (Lipinski definition) is 2. The van der Waals surface area contributed by atoms with E-state index in [9.17, 15) is 14.4 Å². The van der Waals surface area contributed by atoms with Crippen LogP contribution in [-0.4, -0.2) is 28.6 Å². The average molecular weight is 379 g/mol. The highest BCUT2D eigenvalue weighted by molar-refractivity contribution is 6.05. The fourth-order valence-electron chi connectivity index (χ4n) is 3.40. The summed E-state index contributed by atoms with van der Waals surface area (Å²) in [4.78, 5) is 40.7. The van der Waals surface area contributed by atoms with Crippen LogP contribution in [-0.2, 0) is 0 Å². The molecule has 3 rings (SSSR count). The number of anilines is 1. The number of carbonyl (C=O) groups excluding carboxylic acids is 3. The number of pyridine rings is 1. The molecule has 2 aromatic rings. The van der Waals surface area contributed by atoms with Crippen LogP contribution in [0.5, 0.6) is 0 Å². The molecule has 6 heteroatoms. The van der Waals surface area contributed by atoms with E-state index in [1.807, 2.05) is 0 Å². The number of amides is 2. The summed E-state index contributed by atoms with van der Waals surface area (Å²) in [7, 11) is 0. The van der Waals surface area contributed by atoms with Crippen molar-refractivity contribution >= 4 is 23.3 Å². The molecule has 1 saturated carbocycles. The Bertz CT molecular complexity index is 871. The minimum Gasteiger partial charge on any atom is -0.349 e. The number of ketones is 1. The second kappa shape index (κ2) is 9.26. The maximum atomic E-state index is 12.6. The van der Waals surface area contributed by atoms with E-state index in [4.69, 9.17) is 0 Å². The van der Waals surface area contributed by atoms with E-state index < -0.39 is 5.91 Å². The lowest BCUT2D eigenvalue weighted by Crippen LogP contribution is -2.34. The first-order valence-electron chi connectivity index (χ1n) is 9.72. The minimum atomic E-state index is -0.426. The lowest BCUT2D eigenvalue weighted by atomic mass is 10.1. The van der Waals surface area contributed by atoms with E-state index in [0.29, 0.717) is 16.8 Å². The Labute approximate surface area is 164 Å². The third-order valence-corrected chi connectivity index (χ3v) is 4.97. The van der Waals surface area contributed by atoms with Gasteiger partial charge < -0.3 is 10.6 Å². The SMILES string of the molecule is CC(=O)c1cccc(NC(=O)c2cc(C(=O)NC3CCCCCC3)ccn2)c1. The molecule has 0 radical (unpaired) electrons. The van der Waals surface area contributed by atoms with E-state index in [-0.39, 0.29) is 23.4 Å². The molecule has 6 nitrogen and oxygen atoms in total. The smallest absolute Gasteiger partial charge is 0.274 e. The van der Waals surface area contributed by atoms with Gasteiger partial charge in [0.1, 0.15) is 5.69 Å². The van der Waals surface area contributed by atoms with Crippen LogP contribution < -0.4 is 10.6 Å². The van der Waals surface area contributed by atoms with E-state index in [0.717, 1.165) is 25.7 Å². The van der Waals surface area contributed by atoms with Gasteiger partial charge in [-0.25, -0.2) is 0 Å². The molecule has 1 aliphatic rings. The molecule has 2 N–H and O–H groups in total. The summed E-state index contributed by atoms with van der Waals surface area (Å²) in [6.07, 6.45) is 8.16. The summed E-state index contributed by atoms with van der Waals surface area (Å²) in [5.74, 6) is -0.682. The number of hydrogen-bond acceptors (Lipinski definition) is 4. The Morgan fingerprint density at radius 1 is 0.929 bits per heavy atom. The quantitative estimate of drug-likeness (QED) is 0.607. The van der Waals surface area contributed by atoms with Crippen molar-refractivity contribution < 1.29 is 14.4 Å². The van der Waals surface area contributed by atoms with Gasteiger partial charge in [0.2, 0.25) is 0 Å². The summed E-state index contributed by atoms with van der Waals surface area (Å²) in [5.41, 5.74) is 1.60. The van der Waals surface area contributed by atoms with Crippen LogP contribution in [0.2, 0.25) is 0 Å². The normalized spacial score (nSPS) is 14.8. The van der Waals surface area contributed by atoms with Crippen LogP contribution in [0.3, 0.4) is 0 Å². The number of nitrogens with one attached hydrogen (secondary N) is 2. The fourth-order valence-corrected chi connectivity index (χ4v) is 3.40. The fraction of sp³-hybridized carbons (Fsp3) is 0.364. The van der Waals surface area contributed by atoms with Crippen LogP contribution in [0.25, 0.3) is 0 Å². The molecule has 1 aromatic carbocycles. The topological polar surface area (TPSA) is 88.2 Å². The van der Waals surface area contributed by atoms with Gasteiger partial charge in [-0.2, -0.15) is 0 Å². The molecule has 1 aromatic heterocycles. The van der Waals surface area contributed by atoms with Crippen LogP contribution in [0.4, 0.5) is 5.69 Å². The van der Waals surface area contributed by atoms with Crippen molar-refractivity contribution in [3.8, 4) is 0 Å². The Morgan fingerprint density at radius 2 is 1.68 bits per heavy atom. The van der Waals surface area contributed by atoms with Crippen LogP contribution in [0.15, 0.2) is 42.6 Å². The number of nitrogens with zero attached hydrogens (tertiary/aromatic N) is 1. The third-order valence-electron chi connectivity index (χ3n) is 4.97. The van der Waals surface area contributed by atoms with Crippen molar-refractivity contribution in [2.75, 3.05) is 5.32 Å². The van der Waals surface area contributed by atoms with Crippen molar-refractivity contribution in [3.63, 3.8) is 0 Å². The predicted molar refractivity (Wildman–Crippen MR) is 108 cm³/mol. The molecule has 1 fully saturated rings. The summed E-state index contributed by atoms with van der Waals surface area (Å²) >= 11 is 0. The van der Waals surface area contributed by atoms with E-state index in [1.165, 1.54) is 32.0 Å². The molecule has 2 amide bonds. The Kier molecular flexibility index (Phi) is 6.53. The first-order valence-corrected chi connectivity index (χ1v) is 9.72. The van der Waals surface area contributed by atoms with Gasteiger partial charge in [0.15, 0.2) is 5.78 Å². The van der Waals surface area contributed by atoms with Crippen LogP contribution in [0.1, 0.15) is 76.7 Å². The van der Waals surface area contributed by atoms with Gasteiger partial charge in [0.25, 0.3) is 11.8 Å². The van der Waals surface area contributed by atoms with Gasteiger partial charge >= 0.3 is 0 Å². The molecule has 0 spiro atoms. The van der Waals surface area contributed by atoms with E-state index in [1.54, 1.807) is 30.3 Å². The van der Waals surface area contributed by atoms with E-state index >= 15 is 0 Å². The Morgan fingerprint density at radius 3 is 2.39 bits per heavy atom. The predicted octanol–water partition coefficient (Wildman–Crippen LogP) is 3.99.